The minimum absolute atomic E-state index is 0.00923. The zero-order valence-corrected chi connectivity index (χ0v) is 19.8. The molecule has 34 heavy (non-hydrogen) atoms. The maximum absolute atomic E-state index is 13.6. The SMILES string of the molecule is Cc1ccc(C)c(NC(=O)C(c2ccccc2)N2CCN(c3ncnc4c3cnn4C)CC2)c1. The van der Waals surface area contributed by atoms with E-state index in [4.69, 9.17) is 0 Å². The minimum atomic E-state index is -0.368. The summed E-state index contributed by atoms with van der Waals surface area (Å²) < 4.78 is 1.76. The number of aromatic nitrogens is 4. The van der Waals surface area contributed by atoms with Crippen molar-refractivity contribution in [1.82, 2.24) is 24.6 Å². The summed E-state index contributed by atoms with van der Waals surface area (Å²) in [6.07, 6.45) is 3.41. The van der Waals surface area contributed by atoms with Gasteiger partial charge < -0.3 is 10.2 Å². The first kappa shape index (κ1) is 22.0. The van der Waals surface area contributed by atoms with Gasteiger partial charge in [-0.1, -0.05) is 42.5 Å². The Kier molecular flexibility index (Phi) is 5.98. The Morgan fingerprint density at radius 2 is 1.76 bits per heavy atom. The van der Waals surface area contributed by atoms with E-state index in [1.54, 1.807) is 11.0 Å². The summed E-state index contributed by atoms with van der Waals surface area (Å²) >= 11 is 0. The maximum Gasteiger partial charge on any atom is 0.246 e. The van der Waals surface area contributed by atoms with Crippen LogP contribution in [0.2, 0.25) is 0 Å². The van der Waals surface area contributed by atoms with Gasteiger partial charge in [0.15, 0.2) is 5.65 Å². The average molecular weight is 456 g/mol. The normalized spacial score (nSPS) is 15.4. The van der Waals surface area contributed by atoms with Crippen molar-refractivity contribution in [3.05, 3.63) is 77.7 Å². The number of carbonyl (C=O) groups excluding carboxylic acids is 1. The van der Waals surface area contributed by atoms with Crippen LogP contribution in [0.25, 0.3) is 11.0 Å². The van der Waals surface area contributed by atoms with Crippen LogP contribution < -0.4 is 10.2 Å². The predicted molar refractivity (Wildman–Crippen MR) is 134 cm³/mol. The van der Waals surface area contributed by atoms with Gasteiger partial charge in [0.1, 0.15) is 18.2 Å². The Hall–Kier alpha value is -3.78. The van der Waals surface area contributed by atoms with E-state index in [0.717, 1.165) is 65.4 Å². The molecular weight excluding hydrogens is 426 g/mol. The second-order valence-corrected chi connectivity index (χ2v) is 8.85. The molecule has 1 N–H and O–H groups in total. The van der Waals surface area contributed by atoms with Gasteiger partial charge in [0.2, 0.25) is 5.91 Å². The highest BCUT2D eigenvalue weighted by Crippen LogP contribution is 2.28. The summed E-state index contributed by atoms with van der Waals surface area (Å²) in [4.78, 5) is 27.0. The molecule has 1 amide bonds. The molecule has 8 nitrogen and oxygen atoms in total. The van der Waals surface area contributed by atoms with Crippen molar-refractivity contribution in [2.24, 2.45) is 7.05 Å². The summed E-state index contributed by atoms with van der Waals surface area (Å²) in [7, 11) is 1.88. The Labute approximate surface area is 199 Å². The smallest absolute Gasteiger partial charge is 0.246 e. The number of hydrogen-bond acceptors (Lipinski definition) is 6. The molecule has 2 aromatic carbocycles. The first-order valence-electron chi connectivity index (χ1n) is 11.6. The van der Waals surface area contributed by atoms with Gasteiger partial charge in [0.25, 0.3) is 0 Å². The zero-order valence-electron chi connectivity index (χ0n) is 19.8. The molecule has 0 radical (unpaired) electrons. The van der Waals surface area contributed by atoms with E-state index in [9.17, 15) is 4.79 Å². The standard InChI is InChI=1S/C26H29N7O/c1-18-9-10-19(2)22(15-18)30-26(34)23(20-7-5-4-6-8-20)32-11-13-33(14-12-32)25-21-16-29-31(3)24(21)27-17-28-25/h4-10,15-17,23H,11-14H2,1-3H3,(H,30,34). The molecule has 1 unspecified atom stereocenters. The van der Waals surface area contributed by atoms with Gasteiger partial charge in [0.05, 0.1) is 11.6 Å². The number of anilines is 2. The fourth-order valence-corrected chi connectivity index (χ4v) is 4.63. The van der Waals surface area contributed by atoms with Gasteiger partial charge in [-0.3, -0.25) is 14.4 Å². The highest BCUT2D eigenvalue weighted by Gasteiger charge is 2.31. The summed E-state index contributed by atoms with van der Waals surface area (Å²) in [5.41, 5.74) is 4.86. The van der Waals surface area contributed by atoms with Crippen LogP contribution in [0.3, 0.4) is 0 Å². The first-order chi connectivity index (χ1) is 16.5. The number of hydrogen-bond donors (Lipinski definition) is 1. The lowest BCUT2D eigenvalue weighted by molar-refractivity contribution is -0.121. The van der Waals surface area contributed by atoms with Crippen LogP contribution in [0, 0.1) is 13.8 Å². The van der Waals surface area contributed by atoms with Gasteiger partial charge >= 0.3 is 0 Å². The lowest BCUT2D eigenvalue weighted by atomic mass is 10.0. The number of rotatable bonds is 5. The van der Waals surface area contributed by atoms with E-state index in [1.807, 2.05) is 69.6 Å². The van der Waals surface area contributed by atoms with Gasteiger partial charge in [-0.15, -0.1) is 0 Å². The van der Waals surface area contributed by atoms with Crippen molar-refractivity contribution in [3.8, 4) is 0 Å². The van der Waals surface area contributed by atoms with Crippen molar-refractivity contribution < 1.29 is 4.79 Å². The molecule has 0 bridgehead atoms. The van der Waals surface area contributed by atoms with Crippen LogP contribution in [0.15, 0.2) is 61.1 Å². The maximum atomic E-state index is 13.6. The number of piperazine rings is 1. The molecule has 8 heteroatoms. The molecule has 5 rings (SSSR count). The van der Waals surface area contributed by atoms with Crippen molar-refractivity contribution in [2.75, 3.05) is 36.4 Å². The minimum Gasteiger partial charge on any atom is -0.353 e. The number of aryl methyl sites for hydroxylation is 3. The number of carbonyl (C=O) groups is 1. The Balaban J connectivity index is 1.38. The fourth-order valence-electron chi connectivity index (χ4n) is 4.63. The number of nitrogens with one attached hydrogen (secondary N) is 1. The molecule has 0 aliphatic carbocycles. The Bertz CT molecular complexity index is 1310. The number of nitrogens with zero attached hydrogens (tertiary/aromatic N) is 6. The van der Waals surface area contributed by atoms with Crippen molar-refractivity contribution >= 4 is 28.4 Å². The second kappa shape index (κ2) is 9.23. The molecular formula is C26H29N7O. The highest BCUT2D eigenvalue weighted by atomic mass is 16.2. The van der Waals surface area contributed by atoms with Crippen molar-refractivity contribution in [3.63, 3.8) is 0 Å². The monoisotopic (exact) mass is 455 g/mol. The van der Waals surface area contributed by atoms with Crippen molar-refractivity contribution in [2.45, 2.75) is 19.9 Å². The molecule has 174 valence electrons. The van der Waals surface area contributed by atoms with Crippen LogP contribution in [0.4, 0.5) is 11.5 Å². The van der Waals surface area contributed by atoms with Gasteiger partial charge in [-0.25, -0.2) is 9.97 Å². The van der Waals surface area contributed by atoms with E-state index >= 15 is 0 Å². The second-order valence-electron chi connectivity index (χ2n) is 8.85. The largest absolute Gasteiger partial charge is 0.353 e. The third-order valence-electron chi connectivity index (χ3n) is 6.50. The molecule has 1 aliphatic rings. The average Bonchev–Trinajstić information content (AvgIpc) is 3.24. The lowest BCUT2D eigenvalue weighted by Crippen LogP contribution is -2.50. The third kappa shape index (κ3) is 4.24. The van der Waals surface area contributed by atoms with E-state index in [1.165, 1.54) is 0 Å². The van der Waals surface area contributed by atoms with E-state index in [-0.39, 0.29) is 11.9 Å². The molecule has 4 aromatic rings. The molecule has 1 saturated heterocycles. The van der Waals surface area contributed by atoms with E-state index < -0.39 is 0 Å². The Morgan fingerprint density at radius 3 is 2.53 bits per heavy atom. The van der Waals surface area contributed by atoms with Crippen LogP contribution in [0.1, 0.15) is 22.7 Å². The number of fused-ring (bicyclic) bond motifs is 1. The molecule has 2 aromatic heterocycles. The predicted octanol–water partition coefficient (Wildman–Crippen LogP) is 3.48. The van der Waals surface area contributed by atoms with Crippen LogP contribution in [0.5, 0.6) is 0 Å². The third-order valence-corrected chi connectivity index (χ3v) is 6.50. The molecule has 3 heterocycles. The zero-order chi connectivity index (χ0) is 23.7. The first-order valence-corrected chi connectivity index (χ1v) is 11.6. The fraction of sp³-hybridized carbons (Fsp3) is 0.308. The molecule has 0 spiro atoms. The molecule has 0 saturated carbocycles. The van der Waals surface area contributed by atoms with Gasteiger partial charge in [-0.05, 0) is 36.6 Å². The Morgan fingerprint density at radius 1 is 1.00 bits per heavy atom. The van der Waals surface area contributed by atoms with Crippen LogP contribution in [-0.4, -0.2) is 56.7 Å². The number of benzene rings is 2. The quantitative estimate of drug-likeness (QED) is 0.496. The molecule has 1 atom stereocenters. The summed E-state index contributed by atoms with van der Waals surface area (Å²) in [6, 6.07) is 15.8. The van der Waals surface area contributed by atoms with Crippen LogP contribution in [-0.2, 0) is 11.8 Å². The van der Waals surface area contributed by atoms with Gasteiger partial charge in [0, 0.05) is 38.9 Å². The topological polar surface area (TPSA) is 79.2 Å². The highest BCUT2D eigenvalue weighted by molar-refractivity contribution is 5.96. The van der Waals surface area contributed by atoms with E-state index in [0.29, 0.717) is 0 Å². The molecule has 1 aliphatic heterocycles. The van der Waals surface area contributed by atoms with Crippen molar-refractivity contribution in [1.29, 1.82) is 0 Å². The van der Waals surface area contributed by atoms with E-state index in [2.05, 4.69) is 36.2 Å². The van der Waals surface area contributed by atoms with Gasteiger partial charge in [-0.2, -0.15) is 5.10 Å². The number of amides is 1. The summed E-state index contributed by atoms with van der Waals surface area (Å²) in [6.45, 7) is 7.07. The summed E-state index contributed by atoms with van der Waals surface area (Å²) in [5, 5.41) is 8.48. The van der Waals surface area contributed by atoms with Crippen LogP contribution >= 0.6 is 0 Å². The lowest BCUT2D eigenvalue weighted by Gasteiger charge is -2.39. The molecule has 1 fully saturated rings. The summed E-state index contributed by atoms with van der Waals surface area (Å²) in [5.74, 6) is 0.888.